The number of halogens is 1. The van der Waals surface area contributed by atoms with Gasteiger partial charge in [-0.05, 0) is 86.3 Å². The molecule has 0 radical (unpaired) electrons. The smallest absolute Gasteiger partial charge is 0.230 e. The lowest BCUT2D eigenvalue weighted by Gasteiger charge is -2.29. The summed E-state index contributed by atoms with van der Waals surface area (Å²) in [5.74, 6) is 0.421. The highest BCUT2D eigenvalue weighted by Gasteiger charge is 2.33. The number of benzene rings is 3. The first-order valence-electron chi connectivity index (χ1n) is 12.2. The third-order valence-electron chi connectivity index (χ3n) is 6.87. The minimum atomic E-state index is -0.828. The largest absolute Gasteiger partial charge is 0.436 e. The van der Waals surface area contributed by atoms with Gasteiger partial charge < -0.3 is 9.73 Å². The summed E-state index contributed by atoms with van der Waals surface area (Å²) in [6, 6.07) is 24.9. The Morgan fingerprint density at radius 2 is 1.76 bits per heavy atom. The van der Waals surface area contributed by atoms with Crippen LogP contribution in [0.3, 0.4) is 0 Å². The first-order chi connectivity index (χ1) is 17.7. The fourth-order valence-electron chi connectivity index (χ4n) is 4.53. The summed E-state index contributed by atoms with van der Waals surface area (Å²) >= 11 is 6.22. The highest BCUT2D eigenvalue weighted by atomic mass is 35.5. The second-order valence-electron chi connectivity index (χ2n) is 9.78. The topological polar surface area (TPSA) is 68.0 Å². The second kappa shape index (κ2) is 9.83. The molecular weight excluding hydrogens is 482 g/mol. The SMILES string of the molecule is Cc1cc(Cl)ccc1C(NC(=O)C(C)(C)c1ccc2oc(-c3cccnc3C)nc2c1)c1ccccc1. The molecule has 0 saturated heterocycles. The van der Waals surface area contributed by atoms with Crippen molar-refractivity contribution in [1.29, 1.82) is 0 Å². The average molecular weight is 510 g/mol. The summed E-state index contributed by atoms with van der Waals surface area (Å²) in [6.07, 6.45) is 1.75. The lowest BCUT2D eigenvalue weighted by atomic mass is 9.82. The van der Waals surface area contributed by atoms with E-state index < -0.39 is 5.41 Å². The highest BCUT2D eigenvalue weighted by molar-refractivity contribution is 6.30. The number of nitrogens with zero attached hydrogens (tertiary/aromatic N) is 2. The number of amides is 1. The molecule has 1 unspecified atom stereocenters. The van der Waals surface area contributed by atoms with E-state index in [-0.39, 0.29) is 11.9 Å². The van der Waals surface area contributed by atoms with Crippen molar-refractivity contribution in [2.45, 2.75) is 39.2 Å². The van der Waals surface area contributed by atoms with Crippen molar-refractivity contribution in [3.05, 3.63) is 118 Å². The van der Waals surface area contributed by atoms with Gasteiger partial charge in [0.15, 0.2) is 5.58 Å². The number of pyridine rings is 1. The number of carbonyl (C=O) groups is 1. The molecule has 1 amide bonds. The van der Waals surface area contributed by atoms with Crippen LogP contribution in [0.1, 0.15) is 47.8 Å². The Balaban J connectivity index is 1.48. The van der Waals surface area contributed by atoms with Crippen LogP contribution < -0.4 is 5.32 Å². The predicted octanol–water partition coefficient (Wildman–Crippen LogP) is 7.34. The molecule has 0 aliphatic heterocycles. The van der Waals surface area contributed by atoms with E-state index in [9.17, 15) is 4.79 Å². The van der Waals surface area contributed by atoms with E-state index in [0.717, 1.165) is 33.5 Å². The summed E-state index contributed by atoms with van der Waals surface area (Å²) in [7, 11) is 0. The Hall–Kier alpha value is -3.96. The van der Waals surface area contributed by atoms with Crippen LogP contribution in [0, 0.1) is 13.8 Å². The van der Waals surface area contributed by atoms with Crippen LogP contribution in [-0.4, -0.2) is 15.9 Å². The zero-order chi connectivity index (χ0) is 26.2. The molecule has 2 aromatic heterocycles. The standard InChI is InChI=1S/C31H28ClN3O2/c1-19-17-23(32)13-14-24(19)28(21-9-6-5-7-10-21)35-30(36)31(3,4)22-12-15-27-26(18-22)34-29(37-27)25-11-8-16-33-20(25)2/h5-18,28H,1-4H3,(H,35,36). The van der Waals surface area contributed by atoms with Gasteiger partial charge in [0.1, 0.15) is 5.52 Å². The molecule has 5 nitrogen and oxygen atoms in total. The molecular formula is C31H28ClN3O2. The van der Waals surface area contributed by atoms with Gasteiger partial charge in [-0.15, -0.1) is 0 Å². The van der Waals surface area contributed by atoms with E-state index >= 15 is 0 Å². The molecule has 1 atom stereocenters. The molecule has 2 heterocycles. The van der Waals surface area contributed by atoms with Crippen LogP contribution in [0.4, 0.5) is 0 Å². The molecule has 0 saturated carbocycles. The number of hydrogen-bond acceptors (Lipinski definition) is 4. The Morgan fingerprint density at radius 1 is 0.973 bits per heavy atom. The van der Waals surface area contributed by atoms with E-state index in [4.69, 9.17) is 21.0 Å². The molecule has 3 aromatic carbocycles. The van der Waals surface area contributed by atoms with Crippen molar-refractivity contribution >= 4 is 28.6 Å². The first kappa shape index (κ1) is 24.7. The average Bonchev–Trinajstić information content (AvgIpc) is 3.31. The van der Waals surface area contributed by atoms with E-state index in [2.05, 4.69) is 10.3 Å². The predicted molar refractivity (Wildman–Crippen MR) is 148 cm³/mol. The van der Waals surface area contributed by atoms with E-state index in [0.29, 0.717) is 22.0 Å². The Morgan fingerprint density at radius 3 is 2.49 bits per heavy atom. The van der Waals surface area contributed by atoms with Crippen molar-refractivity contribution in [2.24, 2.45) is 0 Å². The minimum Gasteiger partial charge on any atom is -0.436 e. The van der Waals surface area contributed by atoms with Crippen LogP contribution >= 0.6 is 11.6 Å². The number of aromatic nitrogens is 2. The maximum atomic E-state index is 13.8. The Labute approximate surface area is 221 Å². The van der Waals surface area contributed by atoms with Gasteiger partial charge in [0.05, 0.1) is 17.0 Å². The second-order valence-corrected chi connectivity index (χ2v) is 10.2. The number of nitrogens with one attached hydrogen (secondary N) is 1. The fraction of sp³-hybridized carbons (Fsp3) is 0.194. The number of hydrogen-bond donors (Lipinski definition) is 1. The lowest BCUT2D eigenvalue weighted by molar-refractivity contribution is -0.126. The monoisotopic (exact) mass is 509 g/mol. The summed E-state index contributed by atoms with van der Waals surface area (Å²) in [4.78, 5) is 22.9. The molecule has 0 fully saturated rings. The molecule has 0 bridgehead atoms. The number of aryl methyl sites for hydroxylation is 2. The third-order valence-corrected chi connectivity index (χ3v) is 7.10. The molecule has 0 spiro atoms. The number of rotatable bonds is 6. The molecule has 1 N–H and O–H groups in total. The maximum absolute atomic E-state index is 13.8. The van der Waals surface area contributed by atoms with Crippen molar-refractivity contribution in [1.82, 2.24) is 15.3 Å². The van der Waals surface area contributed by atoms with Gasteiger partial charge in [0, 0.05) is 16.9 Å². The van der Waals surface area contributed by atoms with Crippen molar-refractivity contribution in [3.63, 3.8) is 0 Å². The summed E-state index contributed by atoms with van der Waals surface area (Å²) in [6.45, 7) is 7.78. The summed E-state index contributed by atoms with van der Waals surface area (Å²) in [5, 5.41) is 3.97. The van der Waals surface area contributed by atoms with E-state index in [1.54, 1.807) is 6.20 Å². The first-order valence-corrected chi connectivity index (χ1v) is 12.6. The number of oxazole rings is 1. The van der Waals surface area contributed by atoms with Crippen LogP contribution in [0.2, 0.25) is 5.02 Å². The number of carbonyl (C=O) groups excluding carboxylic acids is 1. The van der Waals surface area contributed by atoms with Crippen molar-refractivity contribution in [2.75, 3.05) is 0 Å². The Bertz CT molecular complexity index is 1590. The van der Waals surface area contributed by atoms with Gasteiger partial charge in [0.2, 0.25) is 11.8 Å². The summed E-state index contributed by atoms with van der Waals surface area (Å²) in [5.41, 5.74) is 6.09. The molecule has 5 rings (SSSR count). The van der Waals surface area contributed by atoms with Gasteiger partial charge in [-0.1, -0.05) is 54.1 Å². The van der Waals surface area contributed by atoms with Gasteiger partial charge in [-0.25, -0.2) is 4.98 Å². The summed E-state index contributed by atoms with van der Waals surface area (Å²) < 4.78 is 6.00. The minimum absolute atomic E-state index is 0.0955. The maximum Gasteiger partial charge on any atom is 0.230 e. The number of fused-ring (bicyclic) bond motifs is 1. The van der Waals surface area contributed by atoms with Crippen LogP contribution in [0.15, 0.2) is 89.5 Å². The molecule has 0 aliphatic carbocycles. The van der Waals surface area contributed by atoms with Crippen LogP contribution in [0.25, 0.3) is 22.6 Å². The van der Waals surface area contributed by atoms with E-state index in [1.165, 1.54) is 0 Å². The molecule has 0 aliphatic rings. The molecule has 186 valence electrons. The van der Waals surface area contributed by atoms with Gasteiger partial charge in [-0.2, -0.15) is 0 Å². The van der Waals surface area contributed by atoms with Crippen LogP contribution in [-0.2, 0) is 10.2 Å². The molecule has 37 heavy (non-hydrogen) atoms. The lowest BCUT2D eigenvalue weighted by Crippen LogP contribution is -2.42. The molecule has 6 heteroatoms. The quantitative estimate of drug-likeness (QED) is 0.260. The fourth-order valence-corrected chi connectivity index (χ4v) is 4.76. The van der Waals surface area contributed by atoms with Gasteiger partial charge in [-0.3, -0.25) is 9.78 Å². The van der Waals surface area contributed by atoms with E-state index in [1.807, 2.05) is 107 Å². The highest BCUT2D eigenvalue weighted by Crippen LogP contribution is 2.33. The normalized spacial score (nSPS) is 12.5. The van der Waals surface area contributed by atoms with Crippen LogP contribution in [0.5, 0.6) is 0 Å². The van der Waals surface area contributed by atoms with Crippen molar-refractivity contribution < 1.29 is 9.21 Å². The molecule has 5 aromatic rings. The van der Waals surface area contributed by atoms with Gasteiger partial charge in [0.25, 0.3) is 0 Å². The zero-order valence-electron chi connectivity index (χ0n) is 21.2. The zero-order valence-corrected chi connectivity index (χ0v) is 22.0. The van der Waals surface area contributed by atoms with Gasteiger partial charge >= 0.3 is 0 Å². The third kappa shape index (κ3) is 4.87. The van der Waals surface area contributed by atoms with Crippen molar-refractivity contribution in [3.8, 4) is 11.5 Å². The Kier molecular flexibility index (Phi) is 6.57.